The van der Waals surface area contributed by atoms with Crippen LogP contribution in [-0.2, 0) is 11.2 Å². The normalized spacial score (nSPS) is 12.9. The van der Waals surface area contributed by atoms with Crippen LogP contribution in [-0.4, -0.2) is 67.7 Å². The molecule has 6 nitrogen and oxygen atoms in total. The molecule has 1 aromatic heterocycles. The minimum absolute atomic E-state index is 0.124. The van der Waals surface area contributed by atoms with Crippen molar-refractivity contribution in [3.8, 4) is 6.07 Å². The summed E-state index contributed by atoms with van der Waals surface area (Å²) in [5, 5.41) is 18.7. The third-order valence-electron chi connectivity index (χ3n) is 2.75. The molecule has 104 valence electrons. The van der Waals surface area contributed by atoms with E-state index in [9.17, 15) is 9.90 Å². The second-order valence-electron chi connectivity index (χ2n) is 5.12. The van der Waals surface area contributed by atoms with Crippen molar-refractivity contribution in [1.29, 1.82) is 5.26 Å². The first-order valence-corrected chi connectivity index (χ1v) is 7.99. The van der Waals surface area contributed by atoms with Crippen LogP contribution < -0.4 is 4.59 Å². The summed E-state index contributed by atoms with van der Waals surface area (Å²) in [7, 11) is 5.61. The van der Waals surface area contributed by atoms with Crippen molar-refractivity contribution in [2.45, 2.75) is 24.2 Å². The van der Waals surface area contributed by atoms with Crippen LogP contribution in [0.25, 0.3) is 0 Å². The molecule has 1 unspecified atom stereocenters. The monoisotopic (exact) mass is 331 g/mol. The van der Waals surface area contributed by atoms with Crippen molar-refractivity contribution in [2.24, 2.45) is 0 Å². The van der Waals surface area contributed by atoms with E-state index in [2.05, 4.69) is 16.0 Å². The van der Waals surface area contributed by atoms with Crippen LogP contribution in [0.2, 0.25) is 5.32 Å². The molecule has 2 N–H and O–H groups in total. The van der Waals surface area contributed by atoms with E-state index in [0.717, 1.165) is 15.6 Å². The van der Waals surface area contributed by atoms with Gasteiger partial charge in [0.05, 0.1) is 0 Å². The second-order valence-corrected chi connectivity index (χ2v) is 7.39. The number of carbonyl (C=O) groups is 1. The van der Waals surface area contributed by atoms with Gasteiger partial charge in [-0.3, -0.25) is 0 Å². The molecular formula is C12H19N4O2Se+. The van der Waals surface area contributed by atoms with Gasteiger partial charge in [-0.1, -0.05) is 0 Å². The molecule has 0 saturated heterocycles. The zero-order chi connectivity index (χ0) is 14.5. The number of quaternary nitrogens is 1. The van der Waals surface area contributed by atoms with Crippen LogP contribution in [0.5, 0.6) is 0 Å². The Balaban J connectivity index is 2.78. The number of carboxylic acid groups (broad SMARTS) is 1. The van der Waals surface area contributed by atoms with Crippen molar-refractivity contribution in [3.63, 3.8) is 0 Å². The number of nitrogens with one attached hydrogen (secondary N) is 1. The molecule has 0 fully saturated rings. The number of nitrogens with zero attached hydrogens (tertiary/aromatic N) is 3. The zero-order valence-electron chi connectivity index (χ0n) is 11.4. The van der Waals surface area contributed by atoms with Gasteiger partial charge in [-0.15, -0.1) is 0 Å². The minimum atomic E-state index is -0.808. The van der Waals surface area contributed by atoms with Crippen LogP contribution in [0.4, 0.5) is 0 Å². The Hall–Kier alpha value is -1.35. The maximum atomic E-state index is 11.4. The van der Waals surface area contributed by atoms with E-state index < -0.39 is 12.0 Å². The topological polar surface area (TPSA) is 89.8 Å². The number of nitriles is 1. The molecule has 7 heteroatoms. The predicted molar refractivity (Wildman–Crippen MR) is 72.2 cm³/mol. The average Bonchev–Trinajstić information content (AvgIpc) is 2.72. The first-order chi connectivity index (χ1) is 8.86. The molecule has 0 aliphatic rings. The number of aromatic nitrogens is 2. The number of rotatable bonds is 7. The number of hydrogen-bond donors (Lipinski definition) is 2. The number of H-pyrrole nitrogens is 1. The van der Waals surface area contributed by atoms with Crippen LogP contribution >= 0.6 is 0 Å². The van der Waals surface area contributed by atoms with Gasteiger partial charge in [-0.05, 0) is 0 Å². The standard InChI is InChI=1S/C12H18N4O2Se/c1-16(2,3)10(12(17)18)7-9-11(15-8-14-9)19-6-4-5-13/h8,10H,4,6-7H2,1-3H3,(H-,14,15,17,18)/p+1. The maximum absolute atomic E-state index is 11.4. The van der Waals surface area contributed by atoms with Crippen molar-refractivity contribution in [1.82, 2.24) is 9.97 Å². The summed E-state index contributed by atoms with van der Waals surface area (Å²) in [6.45, 7) is 0. The van der Waals surface area contributed by atoms with Gasteiger partial charge in [0.1, 0.15) is 0 Å². The SMILES string of the molecule is C[N+](C)(C)C(Cc1[nH]cnc1[Se]CCC#N)C(=O)O. The molecular weight excluding hydrogens is 311 g/mol. The second kappa shape index (κ2) is 6.71. The van der Waals surface area contributed by atoms with Gasteiger partial charge in [0.2, 0.25) is 0 Å². The zero-order valence-corrected chi connectivity index (χ0v) is 13.1. The van der Waals surface area contributed by atoms with Crippen molar-refractivity contribution >= 4 is 25.5 Å². The van der Waals surface area contributed by atoms with E-state index in [1.54, 1.807) is 6.33 Å². The van der Waals surface area contributed by atoms with E-state index in [-0.39, 0.29) is 15.0 Å². The number of imidazole rings is 1. The molecule has 1 atom stereocenters. The summed E-state index contributed by atoms with van der Waals surface area (Å²) in [5.41, 5.74) is 0.887. The van der Waals surface area contributed by atoms with Gasteiger partial charge in [0.15, 0.2) is 0 Å². The summed E-state index contributed by atoms with van der Waals surface area (Å²) in [4.78, 5) is 18.6. The van der Waals surface area contributed by atoms with Gasteiger partial charge in [-0.2, -0.15) is 0 Å². The molecule has 0 bridgehead atoms. The fourth-order valence-corrected chi connectivity index (χ4v) is 3.40. The number of carboxylic acids is 1. The Bertz CT molecular complexity index is 473. The summed E-state index contributed by atoms with van der Waals surface area (Å²) in [6, 6.07) is 1.60. The number of aromatic amines is 1. The van der Waals surface area contributed by atoms with E-state index >= 15 is 0 Å². The quantitative estimate of drug-likeness (QED) is 0.411. The van der Waals surface area contributed by atoms with Gasteiger partial charge in [0, 0.05) is 0 Å². The summed E-state index contributed by atoms with van der Waals surface area (Å²) >= 11 is 0.124. The fourth-order valence-electron chi connectivity index (χ4n) is 1.66. The number of hydrogen-bond acceptors (Lipinski definition) is 3. The van der Waals surface area contributed by atoms with Gasteiger partial charge in [0.25, 0.3) is 0 Å². The van der Waals surface area contributed by atoms with Crippen LogP contribution in [0.1, 0.15) is 12.1 Å². The summed E-state index contributed by atoms with van der Waals surface area (Å²) < 4.78 is 1.29. The molecule has 0 spiro atoms. The molecule has 1 rings (SSSR count). The van der Waals surface area contributed by atoms with Crippen molar-refractivity contribution in [3.05, 3.63) is 12.0 Å². The summed E-state index contributed by atoms with van der Waals surface area (Å²) in [6.07, 6.45) is 2.56. The van der Waals surface area contributed by atoms with E-state index in [4.69, 9.17) is 5.26 Å². The van der Waals surface area contributed by atoms with Crippen LogP contribution in [0, 0.1) is 11.3 Å². The van der Waals surface area contributed by atoms with E-state index in [0.29, 0.717) is 17.3 Å². The van der Waals surface area contributed by atoms with Gasteiger partial charge < -0.3 is 0 Å². The molecule has 0 saturated carbocycles. The molecule has 0 amide bonds. The van der Waals surface area contributed by atoms with Gasteiger partial charge in [-0.25, -0.2) is 0 Å². The Morgan fingerprint density at radius 1 is 1.63 bits per heavy atom. The van der Waals surface area contributed by atoms with Gasteiger partial charge >= 0.3 is 119 Å². The average molecular weight is 330 g/mol. The Labute approximate surface area is 119 Å². The molecule has 0 aromatic carbocycles. The van der Waals surface area contributed by atoms with Crippen molar-refractivity contribution < 1.29 is 14.4 Å². The third kappa shape index (κ3) is 4.67. The first kappa shape index (κ1) is 15.7. The number of aliphatic carboxylic acids is 1. The van der Waals surface area contributed by atoms with Crippen LogP contribution in [0.3, 0.4) is 0 Å². The summed E-state index contributed by atoms with van der Waals surface area (Å²) in [5.74, 6) is -0.808. The molecule has 0 radical (unpaired) electrons. The Morgan fingerprint density at radius 3 is 2.84 bits per heavy atom. The van der Waals surface area contributed by atoms with E-state index in [1.165, 1.54) is 0 Å². The fraction of sp³-hybridized carbons (Fsp3) is 0.583. The van der Waals surface area contributed by atoms with Crippen molar-refractivity contribution in [2.75, 3.05) is 21.1 Å². The first-order valence-electron chi connectivity index (χ1n) is 5.92. The Kier molecular flexibility index (Phi) is 5.55. The van der Waals surface area contributed by atoms with Crippen LogP contribution in [0.15, 0.2) is 6.33 Å². The third-order valence-corrected chi connectivity index (χ3v) is 4.92. The Morgan fingerprint density at radius 2 is 2.32 bits per heavy atom. The molecule has 19 heavy (non-hydrogen) atoms. The van der Waals surface area contributed by atoms with E-state index in [1.807, 2.05) is 21.1 Å². The molecule has 1 heterocycles. The number of likely N-dealkylation sites (N-methyl/N-ethyl adjacent to an activating group) is 1. The molecule has 0 aliphatic heterocycles. The molecule has 1 aromatic rings. The predicted octanol–water partition coefficient (Wildman–Crippen LogP) is -0.227. The molecule has 0 aliphatic carbocycles.